The third kappa shape index (κ3) is 4.45. The number of Topliss-reactive ketones (excluding diaryl/α,β-unsaturated/α-hetero) is 1. The molecule has 0 aliphatic carbocycles. The van der Waals surface area contributed by atoms with Crippen LogP contribution < -0.4 is 4.90 Å². The molecule has 0 unspecified atom stereocenters. The number of piperidine rings is 1. The van der Waals surface area contributed by atoms with Crippen LogP contribution in [0.25, 0.3) is 10.9 Å². The average molecular weight is 364 g/mol. The molecule has 5 heteroatoms. The molecule has 0 spiro atoms. The zero-order chi connectivity index (χ0) is 19.2. The first-order valence-electron chi connectivity index (χ1n) is 9.88. The van der Waals surface area contributed by atoms with E-state index in [1.807, 2.05) is 24.3 Å². The molecule has 1 saturated heterocycles. The van der Waals surface area contributed by atoms with E-state index in [0.29, 0.717) is 17.8 Å². The minimum atomic E-state index is 0.191. The third-order valence-electron chi connectivity index (χ3n) is 5.66. The van der Waals surface area contributed by atoms with Crippen molar-refractivity contribution in [3.05, 3.63) is 36.0 Å². The minimum Gasteiger partial charge on any atom is -0.371 e. The van der Waals surface area contributed by atoms with E-state index in [9.17, 15) is 10.1 Å². The smallest absolute Gasteiger partial charge is 0.136 e. The van der Waals surface area contributed by atoms with Crippen LogP contribution in [-0.4, -0.2) is 48.9 Å². The largest absolute Gasteiger partial charge is 0.371 e. The van der Waals surface area contributed by atoms with Gasteiger partial charge in [-0.15, -0.1) is 0 Å². The van der Waals surface area contributed by atoms with Crippen molar-refractivity contribution in [3.8, 4) is 6.07 Å². The predicted octanol–water partition coefficient (Wildman–Crippen LogP) is 3.62. The molecule has 0 radical (unpaired) electrons. The Balaban J connectivity index is 1.62. The van der Waals surface area contributed by atoms with Gasteiger partial charge < -0.3 is 9.80 Å². The van der Waals surface area contributed by atoms with E-state index < -0.39 is 0 Å². The number of fused-ring (bicyclic) bond motifs is 1. The Morgan fingerprint density at radius 3 is 2.81 bits per heavy atom. The lowest BCUT2D eigenvalue weighted by Gasteiger charge is -2.33. The molecule has 1 aliphatic rings. The number of ketones is 1. The van der Waals surface area contributed by atoms with Crippen molar-refractivity contribution in [1.29, 1.82) is 5.26 Å². The number of carbonyl (C=O) groups is 1. The van der Waals surface area contributed by atoms with E-state index in [2.05, 4.69) is 34.8 Å². The molecule has 1 aromatic carbocycles. The van der Waals surface area contributed by atoms with E-state index in [1.54, 1.807) is 6.20 Å². The second-order valence-corrected chi connectivity index (χ2v) is 7.37. The van der Waals surface area contributed by atoms with Crippen molar-refractivity contribution in [2.24, 2.45) is 5.92 Å². The zero-order valence-corrected chi connectivity index (χ0v) is 16.3. The summed E-state index contributed by atoms with van der Waals surface area (Å²) in [7, 11) is 2.10. The van der Waals surface area contributed by atoms with Crippen LogP contribution in [-0.2, 0) is 4.79 Å². The standard InChI is InChI=1S/C22H28N4O/c1-3-25(2)13-5-7-21(27)17-10-14-26(15-11-17)20-9-8-18(16-23)22-19(20)6-4-12-24-22/h4,6,8-9,12,17H,3,5,7,10-11,13-15H2,1-2H3. The molecular weight excluding hydrogens is 336 g/mol. The van der Waals surface area contributed by atoms with Crippen molar-refractivity contribution >= 4 is 22.4 Å². The molecular formula is C22H28N4O. The first-order chi connectivity index (χ1) is 13.1. The van der Waals surface area contributed by atoms with E-state index in [4.69, 9.17) is 0 Å². The van der Waals surface area contributed by atoms with Gasteiger partial charge in [0.05, 0.1) is 11.1 Å². The van der Waals surface area contributed by atoms with Gasteiger partial charge in [0, 0.05) is 42.7 Å². The van der Waals surface area contributed by atoms with Gasteiger partial charge in [0.25, 0.3) is 0 Å². The molecule has 142 valence electrons. The number of nitriles is 1. The van der Waals surface area contributed by atoms with Gasteiger partial charge in [-0.05, 0) is 63.7 Å². The highest BCUT2D eigenvalue weighted by atomic mass is 16.1. The summed E-state index contributed by atoms with van der Waals surface area (Å²) in [4.78, 5) is 21.5. The Hall–Kier alpha value is -2.45. The number of hydrogen-bond donors (Lipinski definition) is 0. The van der Waals surface area contributed by atoms with Gasteiger partial charge in [0.15, 0.2) is 0 Å². The average Bonchev–Trinajstić information content (AvgIpc) is 2.72. The van der Waals surface area contributed by atoms with Crippen molar-refractivity contribution in [3.63, 3.8) is 0 Å². The molecule has 1 aromatic heterocycles. The summed E-state index contributed by atoms with van der Waals surface area (Å²) < 4.78 is 0. The highest BCUT2D eigenvalue weighted by Crippen LogP contribution is 2.31. The van der Waals surface area contributed by atoms with Crippen LogP contribution in [0.2, 0.25) is 0 Å². The lowest BCUT2D eigenvalue weighted by molar-refractivity contribution is -0.123. The van der Waals surface area contributed by atoms with Gasteiger partial charge in [-0.1, -0.05) is 6.92 Å². The van der Waals surface area contributed by atoms with Crippen molar-refractivity contribution < 1.29 is 4.79 Å². The van der Waals surface area contributed by atoms with E-state index in [0.717, 1.165) is 62.0 Å². The van der Waals surface area contributed by atoms with E-state index >= 15 is 0 Å². The first-order valence-corrected chi connectivity index (χ1v) is 9.88. The summed E-state index contributed by atoms with van der Waals surface area (Å²) >= 11 is 0. The van der Waals surface area contributed by atoms with Crippen LogP contribution >= 0.6 is 0 Å². The van der Waals surface area contributed by atoms with Gasteiger partial charge in [-0.3, -0.25) is 9.78 Å². The minimum absolute atomic E-state index is 0.191. The number of nitrogens with zero attached hydrogens (tertiary/aromatic N) is 4. The van der Waals surface area contributed by atoms with Gasteiger partial charge in [-0.2, -0.15) is 5.26 Å². The van der Waals surface area contributed by atoms with Gasteiger partial charge in [0.2, 0.25) is 0 Å². The summed E-state index contributed by atoms with van der Waals surface area (Å²) in [5.41, 5.74) is 2.49. The molecule has 0 saturated carbocycles. The highest BCUT2D eigenvalue weighted by molar-refractivity contribution is 5.95. The number of aromatic nitrogens is 1. The molecule has 2 heterocycles. The second kappa shape index (κ2) is 8.96. The highest BCUT2D eigenvalue weighted by Gasteiger charge is 2.25. The fraction of sp³-hybridized carbons (Fsp3) is 0.500. The molecule has 2 aromatic rings. The Bertz CT molecular complexity index is 834. The van der Waals surface area contributed by atoms with Crippen LogP contribution in [0, 0.1) is 17.2 Å². The van der Waals surface area contributed by atoms with Crippen LogP contribution in [0.1, 0.15) is 38.2 Å². The number of pyridine rings is 1. The van der Waals surface area contributed by atoms with E-state index in [-0.39, 0.29) is 5.92 Å². The lowest BCUT2D eigenvalue weighted by Crippen LogP contribution is -2.36. The lowest BCUT2D eigenvalue weighted by atomic mass is 9.89. The van der Waals surface area contributed by atoms with Gasteiger partial charge >= 0.3 is 0 Å². The number of benzene rings is 1. The molecule has 0 atom stereocenters. The van der Waals surface area contributed by atoms with Crippen molar-refractivity contribution in [2.75, 3.05) is 38.1 Å². The van der Waals surface area contributed by atoms with Crippen molar-refractivity contribution in [2.45, 2.75) is 32.6 Å². The Kier molecular flexibility index (Phi) is 6.41. The number of anilines is 1. The van der Waals surface area contributed by atoms with Crippen LogP contribution in [0.4, 0.5) is 5.69 Å². The van der Waals surface area contributed by atoms with Gasteiger partial charge in [0.1, 0.15) is 11.9 Å². The summed E-state index contributed by atoms with van der Waals surface area (Å²) in [5, 5.41) is 10.3. The van der Waals surface area contributed by atoms with Gasteiger partial charge in [-0.25, -0.2) is 0 Å². The normalized spacial score (nSPS) is 15.3. The summed E-state index contributed by atoms with van der Waals surface area (Å²) in [6.45, 7) is 5.91. The molecule has 27 heavy (non-hydrogen) atoms. The monoisotopic (exact) mass is 364 g/mol. The zero-order valence-electron chi connectivity index (χ0n) is 16.3. The molecule has 0 N–H and O–H groups in total. The molecule has 5 nitrogen and oxygen atoms in total. The Morgan fingerprint density at radius 2 is 2.11 bits per heavy atom. The van der Waals surface area contributed by atoms with Crippen LogP contribution in [0.15, 0.2) is 30.5 Å². The quantitative estimate of drug-likeness (QED) is 0.751. The Labute approximate surface area is 161 Å². The molecule has 0 amide bonds. The molecule has 3 rings (SSSR count). The fourth-order valence-electron chi connectivity index (χ4n) is 3.85. The number of rotatable bonds is 7. The summed E-state index contributed by atoms with van der Waals surface area (Å²) in [5.74, 6) is 0.612. The third-order valence-corrected chi connectivity index (χ3v) is 5.66. The topological polar surface area (TPSA) is 60.2 Å². The maximum atomic E-state index is 12.5. The SMILES string of the molecule is CCN(C)CCCC(=O)C1CCN(c2ccc(C#N)c3ncccc23)CC1. The second-order valence-electron chi connectivity index (χ2n) is 7.37. The number of carbonyl (C=O) groups excluding carboxylic acids is 1. The van der Waals surface area contributed by atoms with Crippen molar-refractivity contribution in [1.82, 2.24) is 9.88 Å². The molecule has 0 bridgehead atoms. The fourth-order valence-corrected chi connectivity index (χ4v) is 3.85. The summed E-state index contributed by atoms with van der Waals surface area (Å²) in [6.07, 6.45) is 5.19. The predicted molar refractivity (Wildman–Crippen MR) is 109 cm³/mol. The maximum Gasteiger partial charge on any atom is 0.136 e. The molecule has 1 fully saturated rings. The molecule has 1 aliphatic heterocycles. The summed E-state index contributed by atoms with van der Waals surface area (Å²) in [6, 6.07) is 10.0. The number of hydrogen-bond acceptors (Lipinski definition) is 5. The van der Waals surface area contributed by atoms with Crippen LogP contribution in [0.3, 0.4) is 0 Å². The maximum absolute atomic E-state index is 12.5. The Morgan fingerprint density at radius 1 is 1.33 bits per heavy atom. The van der Waals surface area contributed by atoms with E-state index in [1.165, 1.54) is 0 Å². The van der Waals surface area contributed by atoms with Crippen LogP contribution in [0.5, 0.6) is 0 Å². The first kappa shape index (κ1) is 19.3.